The van der Waals surface area contributed by atoms with Crippen molar-refractivity contribution in [3.05, 3.63) is 41.3 Å². The fourth-order valence-corrected chi connectivity index (χ4v) is 2.49. The van der Waals surface area contributed by atoms with Crippen molar-refractivity contribution in [1.82, 2.24) is 9.78 Å². The Balaban J connectivity index is 2.82. The normalized spacial score (nSPS) is 11.5. The Morgan fingerprint density at radius 2 is 1.86 bits per heavy atom. The molecule has 0 aliphatic rings. The van der Waals surface area contributed by atoms with E-state index >= 15 is 0 Å². The molecule has 0 aliphatic carbocycles. The van der Waals surface area contributed by atoms with Crippen LogP contribution in [-0.4, -0.2) is 26.0 Å². The highest BCUT2D eigenvalue weighted by molar-refractivity contribution is 7.80. The van der Waals surface area contributed by atoms with Crippen molar-refractivity contribution < 1.29 is 14.3 Å². The molecule has 0 aliphatic heterocycles. The van der Waals surface area contributed by atoms with Gasteiger partial charge in [-0.25, -0.2) is 9.18 Å². The first-order valence-electron chi connectivity index (χ1n) is 6.55. The van der Waals surface area contributed by atoms with Gasteiger partial charge in [0.2, 0.25) is 0 Å². The third-order valence-electron chi connectivity index (χ3n) is 3.14. The van der Waals surface area contributed by atoms with E-state index in [2.05, 4.69) is 5.10 Å². The zero-order valence-corrected chi connectivity index (χ0v) is 13.2. The maximum atomic E-state index is 13.1. The van der Waals surface area contributed by atoms with E-state index in [1.807, 2.05) is 20.8 Å². The number of carboxylic acid groups (broad SMARTS) is 1. The van der Waals surface area contributed by atoms with Crippen LogP contribution in [-0.2, 0) is 5.41 Å². The molecule has 5 nitrogen and oxygen atoms in total. The third kappa shape index (κ3) is 2.85. The number of nitrogens with zero attached hydrogens (tertiary/aromatic N) is 2. The highest BCUT2D eigenvalue weighted by atomic mass is 32.1. The minimum absolute atomic E-state index is 0.0525. The number of hydrogen-bond acceptors (Lipinski definition) is 3. The van der Waals surface area contributed by atoms with E-state index < -0.39 is 17.3 Å². The lowest BCUT2D eigenvalue weighted by molar-refractivity contribution is 0.190. The molecule has 1 heterocycles. The molecule has 22 heavy (non-hydrogen) atoms. The van der Waals surface area contributed by atoms with E-state index in [1.54, 1.807) is 0 Å². The van der Waals surface area contributed by atoms with Crippen LogP contribution in [0, 0.1) is 5.82 Å². The van der Waals surface area contributed by atoms with Gasteiger partial charge in [-0.2, -0.15) is 9.78 Å². The molecule has 0 radical (unpaired) electrons. The summed E-state index contributed by atoms with van der Waals surface area (Å²) in [5, 5.41) is 13.5. The zero-order chi connectivity index (χ0) is 16.7. The van der Waals surface area contributed by atoms with Gasteiger partial charge >= 0.3 is 6.09 Å². The van der Waals surface area contributed by atoms with Crippen LogP contribution in [0.15, 0.2) is 24.3 Å². The molecule has 1 aromatic carbocycles. The molecule has 3 N–H and O–H groups in total. The predicted molar refractivity (Wildman–Crippen MR) is 85.6 cm³/mol. The van der Waals surface area contributed by atoms with Gasteiger partial charge in [0.1, 0.15) is 16.5 Å². The lowest BCUT2D eigenvalue weighted by Gasteiger charge is -2.20. The van der Waals surface area contributed by atoms with Gasteiger partial charge in [0.25, 0.3) is 0 Å². The van der Waals surface area contributed by atoms with Gasteiger partial charge in [-0.3, -0.25) is 0 Å². The minimum Gasteiger partial charge on any atom is -0.463 e. The van der Waals surface area contributed by atoms with Gasteiger partial charge in [-0.05, 0) is 24.3 Å². The van der Waals surface area contributed by atoms with E-state index in [-0.39, 0.29) is 4.99 Å². The molecule has 7 heteroatoms. The van der Waals surface area contributed by atoms with Crippen LogP contribution in [0.3, 0.4) is 0 Å². The molecule has 0 amide bonds. The van der Waals surface area contributed by atoms with Crippen molar-refractivity contribution in [1.29, 1.82) is 0 Å². The van der Waals surface area contributed by atoms with Crippen LogP contribution in [0.25, 0.3) is 11.3 Å². The first-order valence-corrected chi connectivity index (χ1v) is 6.96. The maximum Gasteiger partial charge on any atom is 0.432 e. The highest BCUT2D eigenvalue weighted by Gasteiger charge is 2.31. The Morgan fingerprint density at radius 1 is 1.32 bits per heavy atom. The summed E-state index contributed by atoms with van der Waals surface area (Å²) in [6, 6.07) is 5.57. The summed E-state index contributed by atoms with van der Waals surface area (Å²) in [4.78, 5) is 11.6. The summed E-state index contributed by atoms with van der Waals surface area (Å²) in [6.45, 7) is 5.54. The highest BCUT2D eigenvalue weighted by Crippen LogP contribution is 2.33. The second-order valence-corrected chi connectivity index (χ2v) is 6.33. The molecule has 116 valence electrons. The van der Waals surface area contributed by atoms with Crippen LogP contribution in [0.1, 0.15) is 32.0 Å². The number of thiocarbonyl (C=S) groups is 1. The molecule has 0 atom stereocenters. The quantitative estimate of drug-likeness (QED) is 0.831. The third-order valence-corrected chi connectivity index (χ3v) is 3.35. The first kappa shape index (κ1) is 16.1. The Kier molecular flexibility index (Phi) is 4.02. The van der Waals surface area contributed by atoms with Crippen LogP contribution in [0.2, 0.25) is 0 Å². The van der Waals surface area contributed by atoms with Gasteiger partial charge in [0.15, 0.2) is 0 Å². The summed E-state index contributed by atoms with van der Waals surface area (Å²) in [7, 11) is 0. The lowest BCUT2D eigenvalue weighted by atomic mass is 9.87. The Bertz CT molecular complexity index is 745. The van der Waals surface area contributed by atoms with Crippen LogP contribution < -0.4 is 5.73 Å². The minimum atomic E-state index is -1.23. The molecule has 0 saturated heterocycles. The summed E-state index contributed by atoms with van der Waals surface area (Å²) in [5.41, 5.74) is 6.96. The molecule has 0 unspecified atom stereocenters. The van der Waals surface area contributed by atoms with Crippen molar-refractivity contribution in [2.24, 2.45) is 5.73 Å². The largest absolute Gasteiger partial charge is 0.463 e. The molecular weight excluding hydrogens is 305 g/mol. The van der Waals surface area contributed by atoms with Gasteiger partial charge < -0.3 is 10.8 Å². The monoisotopic (exact) mass is 321 g/mol. The second-order valence-electron chi connectivity index (χ2n) is 5.89. The van der Waals surface area contributed by atoms with Crippen molar-refractivity contribution >= 4 is 23.3 Å². The Hall–Kier alpha value is -2.28. The first-order chi connectivity index (χ1) is 10.1. The molecule has 0 saturated carbocycles. The second kappa shape index (κ2) is 5.49. The maximum absolute atomic E-state index is 13.1. The van der Waals surface area contributed by atoms with Gasteiger partial charge in [-0.15, -0.1) is 0 Å². The Labute approximate surface area is 132 Å². The molecule has 1 aromatic heterocycles. The number of nitrogens with two attached hydrogens (primary N) is 1. The summed E-state index contributed by atoms with van der Waals surface area (Å²) in [6.07, 6.45) is -1.23. The average Bonchev–Trinajstić information content (AvgIpc) is 2.80. The average molecular weight is 321 g/mol. The van der Waals surface area contributed by atoms with E-state index in [1.165, 1.54) is 24.3 Å². The summed E-state index contributed by atoms with van der Waals surface area (Å²) in [5.74, 6) is -0.394. The smallest absolute Gasteiger partial charge is 0.432 e. The van der Waals surface area contributed by atoms with Gasteiger partial charge in [-0.1, -0.05) is 33.0 Å². The molecular formula is C15H16FN3O2S. The van der Waals surface area contributed by atoms with Crippen LogP contribution in [0.5, 0.6) is 0 Å². The van der Waals surface area contributed by atoms with E-state index in [0.717, 1.165) is 4.68 Å². The number of rotatable bonds is 2. The summed E-state index contributed by atoms with van der Waals surface area (Å²) >= 11 is 5.09. The fraction of sp³-hybridized carbons (Fsp3) is 0.267. The zero-order valence-electron chi connectivity index (χ0n) is 12.4. The van der Waals surface area contributed by atoms with Gasteiger partial charge in [0, 0.05) is 11.0 Å². The van der Waals surface area contributed by atoms with Crippen LogP contribution >= 0.6 is 12.2 Å². The van der Waals surface area contributed by atoms with E-state index in [4.69, 9.17) is 18.0 Å². The lowest BCUT2D eigenvalue weighted by Crippen LogP contribution is -2.26. The van der Waals surface area contributed by atoms with E-state index in [9.17, 15) is 14.3 Å². The molecule has 2 rings (SSSR count). The number of hydrogen-bond donors (Lipinski definition) is 2. The number of halogens is 1. The van der Waals surface area contributed by atoms with E-state index in [0.29, 0.717) is 22.5 Å². The molecule has 2 aromatic rings. The number of carbonyl (C=O) groups is 1. The standard InChI is InChI=1S/C15H16FN3O2S/c1-15(2,3)12-10(13(17)22)11(18-19(12)14(20)21)8-4-6-9(16)7-5-8/h4-7H,1-3H3,(H2,17,22)(H,20,21). The van der Waals surface area contributed by atoms with Crippen molar-refractivity contribution in [3.63, 3.8) is 0 Å². The SMILES string of the molecule is CC(C)(C)c1c(C(N)=S)c(-c2ccc(F)cc2)nn1C(=O)O. The molecule has 0 bridgehead atoms. The molecule has 0 fully saturated rings. The van der Waals surface area contributed by atoms with Crippen molar-refractivity contribution in [2.75, 3.05) is 0 Å². The van der Waals surface area contributed by atoms with Crippen molar-refractivity contribution in [3.8, 4) is 11.3 Å². The number of aromatic nitrogens is 2. The predicted octanol–water partition coefficient (Wildman–Crippen LogP) is 3.15. The molecule has 0 spiro atoms. The fourth-order valence-electron chi connectivity index (χ4n) is 2.29. The topological polar surface area (TPSA) is 81.1 Å². The number of benzene rings is 1. The van der Waals surface area contributed by atoms with Crippen molar-refractivity contribution in [2.45, 2.75) is 26.2 Å². The van der Waals surface area contributed by atoms with Crippen LogP contribution in [0.4, 0.5) is 9.18 Å². The Morgan fingerprint density at radius 3 is 2.27 bits per heavy atom. The van der Waals surface area contributed by atoms with Gasteiger partial charge in [0.05, 0.1) is 11.3 Å². The summed E-state index contributed by atoms with van der Waals surface area (Å²) < 4.78 is 14.0.